The van der Waals surface area contributed by atoms with E-state index in [0.29, 0.717) is 58.1 Å². The topological polar surface area (TPSA) is 83.1 Å². The van der Waals surface area contributed by atoms with Gasteiger partial charge >= 0.3 is 0 Å². The summed E-state index contributed by atoms with van der Waals surface area (Å²) in [6.07, 6.45) is 2.36. The second-order valence-corrected chi connectivity index (χ2v) is 15.2. The van der Waals surface area contributed by atoms with Gasteiger partial charge < -0.3 is 24.3 Å². The van der Waals surface area contributed by atoms with Crippen LogP contribution in [0.25, 0.3) is 0 Å². The lowest BCUT2D eigenvalue weighted by Crippen LogP contribution is -2.42. The number of carbonyl (C=O) groups is 2. The highest BCUT2D eigenvalue weighted by molar-refractivity contribution is 9.10. The number of hydrogen-bond acceptors (Lipinski definition) is 7. The number of Topliss-reactive ketones (excluding diaryl/α,β-unsaturated/α-hetero) is 2. The average molecular weight is 701 g/mol. The summed E-state index contributed by atoms with van der Waals surface area (Å²) in [4.78, 5) is 27.5. The van der Waals surface area contributed by atoms with Crippen LogP contribution in [0.1, 0.15) is 76.0 Å². The van der Waals surface area contributed by atoms with Crippen LogP contribution in [-0.2, 0) is 22.8 Å². The first-order chi connectivity index (χ1) is 22.4. The van der Waals surface area contributed by atoms with Crippen LogP contribution in [0.15, 0.2) is 87.7 Å². The zero-order valence-electron chi connectivity index (χ0n) is 27.9. The van der Waals surface area contributed by atoms with E-state index in [4.69, 9.17) is 18.9 Å². The maximum atomic E-state index is 13.8. The van der Waals surface area contributed by atoms with Crippen molar-refractivity contribution in [2.45, 2.75) is 72.5 Å². The molecule has 0 amide bonds. The van der Waals surface area contributed by atoms with Crippen LogP contribution in [-0.4, -0.2) is 25.8 Å². The number of carbonyl (C=O) groups excluding carboxylic acids is 2. The fraction of sp³-hybridized carbons (Fsp3) is 0.385. The SMILES string of the molecule is COc1cc(COc2c(Br)cc(C3C4=C(CC(C)(C)CC4=O)NC4=C3C(=O)CC(C)(C)C4)cc2OC)ccc1OCc1ccccc1. The number of dihydropyridines is 1. The van der Waals surface area contributed by atoms with E-state index < -0.39 is 5.92 Å². The van der Waals surface area contributed by atoms with Gasteiger partial charge in [-0.2, -0.15) is 0 Å². The lowest BCUT2D eigenvalue weighted by atomic mass is 9.64. The Labute approximate surface area is 285 Å². The van der Waals surface area contributed by atoms with Gasteiger partial charge in [0.15, 0.2) is 34.6 Å². The van der Waals surface area contributed by atoms with Gasteiger partial charge in [0.25, 0.3) is 0 Å². The highest BCUT2D eigenvalue weighted by Crippen LogP contribution is 2.52. The number of allylic oxidation sites excluding steroid dienone is 4. The fourth-order valence-corrected chi connectivity index (χ4v) is 7.65. The molecule has 47 heavy (non-hydrogen) atoms. The summed E-state index contributed by atoms with van der Waals surface area (Å²) in [5.41, 5.74) is 5.71. The first-order valence-corrected chi connectivity index (χ1v) is 16.8. The predicted molar refractivity (Wildman–Crippen MR) is 185 cm³/mol. The molecule has 0 aromatic heterocycles. The number of rotatable bonds is 9. The summed E-state index contributed by atoms with van der Waals surface area (Å²) >= 11 is 3.74. The van der Waals surface area contributed by atoms with Gasteiger partial charge in [-0.05, 0) is 80.6 Å². The van der Waals surface area contributed by atoms with Crippen LogP contribution in [0.5, 0.6) is 23.0 Å². The van der Waals surface area contributed by atoms with Crippen molar-refractivity contribution in [1.82, 2.24) is 5.32 Å². The minimum Gasteiger partial charge on any atom is -0.493 e. The highest BCUT2D eigenvalue weighted by atomic mass is 79.9. The summed E-state index contributed by atoms with van der Waals surface area (Å²) in [6, 6.07) is 19.6. The molecular weight excluding hydrogens is 658 g/mol. The number of ketones is 2. The first-order valence-electron chi connectivity index (χ1n) is 16.0. The minimum atomic E-state index is -0.472. The summed E-state index contributed by atoms with van der Waals surface area (Å²) in [5.74, 6) is 2.00. The van der Waals surface area contributed by atoms with Crippen LogP contribution in [0, 0.1) is 10.8 Å². The number of benzene rings is 3. The smallest absolute Gasteiger partial charge is 0.175 e. The molecule has 0 atom stereocenters. The summed E-state index contributed by atoms with van der Waals surface area (Å²) in [6.45, 7) is 9.18. The molecule has 7 nitrogen and oxygen atoms in total. The molecule has 0 unspecified atom stereocenters. The normalized spacial score (nSPS) is 18.7. The summed E-state index contributed by atoms with van der Waals surface area (Å²) < 4.78 is 24.5. The molecule has 0 spiro atoms. The van der Waals surface area contributed by atoms with Crippen molar-refractivity contribution in [3.05, 3.63) is 104 Å². The Balaban J connectivity index is 1.29. The number of nitrogens with one attached hydrogen (secondary N) is 1. The van der Waals surface area contributed by atoms with Crippen LogP contribution in [0.4, 0.5) is 0 Å². The van der Waals surface area contributed by atoms with E-state index in [-0.39, 0.29) is 29.0 Å². The molecule has 2 aliphatic carbocycles. The molecule has 246 valence electrons. The Bertz CT molecular complexity index is 1740. The third kappa shape index (κ3) is 6.84. The molecule has 3 aliphatic rings. The summed E-state index contributed by atoms with van der Waals surface area (Å²) in [5, 5.41) is 3.58. The molecule has 0 saturated carbocycles. The van der Waals surface area contributed by atoms with Gasteiger partial charge in [0.05, 0.1) is 18.7 Å². The maximum Gasteiger partial charge on any atom is 0.175 e. The highest BCUT2D eigenvalue weighted by Gasteiger charge is 2.46. The number of methoxy groups -OCH3 is 2. The van der Waals surface area contributed by atoms with Crippen molar-refractivity contribution < 1.29 is 28.5 Å². The van der Waals surface area contributed by atoms with Crippen molar-refractivity contribution in [1.29, 1.82) is 0 Å². The minimum absolute atomic E-state index is 0.0819. The van der Waals surface area contributed by atoms with Gasteiger partial charge in [-0.3, -0.25) is 9.59 Å². The molecule has 0 radical (unpaired) electrons. The third-order valence-electron chi connectivity index (χ3n) is 9.15. The number of hydrogen-bond donors (Lipinski definition) is 1. The lowest BCUT2D eigenvalue weighted by molar-refractivity contribution is -0.119. The molecule has 0 fully saturated rings. The molecule has 6 rings (SSSR count). The molecule has 1 N–H and O–H groups in total. The fourth-order valence-electron chi connectivity index (χ4n) is 7.08. The molecule has 1 heterocycles. The molecule has 3 aromatic rings. The van der Waals surface area contributed by atoms with Gasteiger partial charge in [-0.25, -0.2) is 0 Å². The quantitative estimate of drug-likeness (QED) is 0.240. The van der Waals surface area contributed by atoms with Crippen molar-refractivity contribution in [2.75, 3.05) is 14.2 Å². The van der Waals surface area contributed by atoms with Gasteiger partial charge in [0.1, 0.15) is 13.2 Å². The van der Waals surface area contributed by atoms with E-state index in [9.17, 15) is 9.59 Å². The molecule has 0 saturated heterocycles. The molecular formula is C39H42BrNO6. The second-order valence-electron chi connectivity index (χ2n) is 14.3. The Morgan fingerprint density at radius 2 is 1.30 bits per heavy atom. The van der Waals surface area contributed by atoms with E-state index in [1.54, 1.807) is 14.2 Å². The first kappa shape index (κ1) is 32.9. The average Bonchev–Trinajstić information content (AvgIpc) is 3.01. The van der Waals surface area contributed by atoms with E-state index in [0.717, 1.165) is 40.9 Å². The van der Waals surface area contributed by atoms with E-state index in [1.165, 1.54) is 0 Å². The maximum absolute atomic E-state index is 13.8. The van der Waals surface area contributed by atoms with Crippen molar-refractivity contribution >= 4 is 27.5 Å². The van der Waals surface area contributed by atoms with Gasteiger partial charge in [0, 0.05) is 41.3 Å². The van der Waals surface area contributed by atoms with Crippen LogP contribution < -0.4 is 24.3 Å². The number of halogens is 1. The Morgan fingerprint density at radius 3 is 1.89 bits per heavy atom. The Kier molecular flexibility index (Phi) is 9.00. The largest absolute Gasteiger partial charge is 0.493 e. The van der Waals surface area contributed by atoms with E-state index in [1.807, 2.05) is 60.7 Å². The van der Waals surface area contributed by atoms with Crippen molar-refractivity contribution in [3.8, 4) is 23.0 Å². The van der Waals surface area contributed by atoms with Gasteiger partial charge in [0.2, 0.25) is 0 Å². The third-order valence-corrected chi connectivity index (χ3v) is 9.74. The predicted octanol–water partition coefficient (Wildman–Crippen LogP) is 8.60. The van der Waals surface area contributed by atoms with Crippen molar-refractivity contribution in [3.63, 3.8) is 0 Å². The Morgan fingerprint density at radius 1 is 0.702 bits per heavy atom. The van der Waals surface area contributed by atoms with Gasteiger partial charge in [-0.15, -0.1) is 0 Å². The van der Waals surface area contributed by atoms with Crippen molar-refractivity contribution in [2.24, 2.45) is 10.8 Å². The molecule has 8 heteroatoms. The number of ether oxygens (including phenoxy) is 4. The Hall–Kier alpha value is -4.04. The summed E-state index contributed by atoms with van der Waals surface area (Å²) in [7, 11) is 3.22. The van der Waals surface area contributed by atoms with Crippen LogP contribution in [0.2, 0.25) is 0 Å². The van der Waals surface area contributed by atoms with Crippen LogP contribution in [0.3, 0.4) is 0 Å². The van der Waals surface area contributed by atoms with Crippen LogP contribution >= 0.6 is 15.9 Å². The monoisotopic (exact) mass is 699 g/mol. The standard InChI is InChI=1S/C39H42BrNO6/c1-38(2)17-27-35(29(42)19-38)34(36-28(41-27)18-39(3,4)20-30(36)43)25-15-26(40)37(33(16-25)45-6)47-22-24-12-13-31(32(14-24)44-5)46-21-23-10-8-7-9-11-23/h7-16,34,41H,17-22H2,1-6H3. The van der Waals surface area contributed by atoms with E-state index in [2.05, 4.69) is 48.9 Å². The molecule has 1 aliphatic heterocycles. The lowest BCUT2D eigenvalue weighted by Gasteiger charge is -2.44. The van der Waals surface area contributed by atoms with E-state index >= 15 is 0 Å². The zero-order valence-corrected chi connectivity index (χ0v) is 29.5. The zero-order chi connectivity index (χ0) is 33.5. The molecule has 3 aromatic carbocycles. The molecule has 0 bridgehead atoms. The second kappa shape index (κ2) is 12.9. The van der Waals surface area contributed by atoms with Gasteiger partial charge in [-0.1, -0.05) is 64.1 Å².